The van der Waals surface area contributed by atoms with E-state index < -0.39 is 0 Å². The summed E-state index contributed by atoms with van der Waals surface area (Å²) in [4.78, 5) is 2.78. The second-order valence-electron chi connectivity index (χ2n) is 10.5. The van der Waals surface area contributed by atoms with Crippen LogP contribution in [-0.4, -0.2) is 35.6 Å². The van der Waals surface area contributed by atoms with E-state index in [2.05, 4.69) is 58.7 Å². The zero-order chi connectivity index (χ0) is 16.3. The van der Waals surface area contributed by atoms with Crippen molar-refractivity contribution in [1.29, 1.82) is 0 Å². The predicted molar refractivity (Wildman–Crippen MR) is 94.9 cm³/mol. The summed E-state index contributed by atoms with van der Waals surface area (Å²) in [5.74, 6) is 5.72. The third-order valence-electron chi connectivity index (χ3n) is 7.06. The summed E-state index contributed by atoms with van der Waals surface area (Å²) in [6, 6.07) is 0. The highest BCUT2D eigenvalue weighted by Gasteiger charge is 2.55. The molecule has 1 saturated heterocycles. The lowest BCUT2D eigenvalue weighted by Crippen LogP contribution is -2.54. The first-order valence-corrected chi connectivity index (χ1v) is 9.58. The Balaban J connectivity index is 1.74. The average Bonchev–Trinajstić information content (AvgIpc) is 2.82. The molecular formula is C20H38N2. The van der Waals surface area contributed by atoms with Crippen LogP contribution in [0.25, 0.3) is 0 Å². The van der Waals surface area contributed by atoms with Gasteiger partial charge in [0.25, 0.3) is 0 Å². The minimum absolute atomic E-state index is 0.253. The normalized spacial score (nSPS) is 42.7. The van der Waals surface area contributed by atoms with Gasteiger partial charge in [0.15, 0.2) is 0 Å². The summed E-state index contributed by atoms with van der Waals surface area (Å²) in [5.41, 5.74) is 0.599. The highest BCUT2D eigenvalue weighted by molar-refractivity contribution is 5.06. The van der Waals surface area contributed by atoms with Crippen LogP contribution in [-0.2, 0) is 0 Å². The van der Waals surface area contributed by atoms with Gasteiger partial charge in [-0.05, 0) is 96.4 Å². The molecule has 0 amide bonds. The van der Waals surface area contributed by atoms with Crippen molar-refractivity contribution in [2.45, 2.75) is 72.4 Å². The lowest BCUT2D eigenvalue weighted by Gasteiger charge is -2.54. The molecule has 128 valence electrons. The third-order valence-corrected chi connectivity index (χ3v) is 7.06. The van der Waals surface area contributed by atoms with E-state index in [4.69, 9.17) is 0 Å². The van der Waals surface area contributed by atoms with Gasteiger partial charge in [-0.3, -0.25) is 4.90 Å². The summed E-state index contributed by atoms with van der Waals surface area (Å²) < 4.78 is 0. The monoisotopic (exact) mass is 306 g/mol. The average molecular weight is 307 g/mol. The topological polar surface area (TPSA) is 15.3 Å². The molecule has 1 aliphatic heterocycles. The summed E-state index contributed by atoms with van der Waals surface area (Å²) in [7, 11) is 0. The first-order valence-electron chi connectivity index (χ1n) is 9.58. The molecular weight excluding hydrogens is 268 g/mol. The molecule has 4 rings (SSSR count). The van der Waals surface area contributed by atoms with E-state index in [0.717, 1.165) is 35.5 Å². The van der Waals surface area contributed by atoms with Crippen molar-refractivity contribution in [3.63, 3.8) is 0 Å². The fourth-order valence-corrected chi connectivity index (χ4v) is 5.77. The van der Waals surface area contributed by atoms with Crippen molar-refractivity contribution < 1.29 is 0 Å². The van der Waals surface area contributed by atoms with Crippen LogP contribution in [0.4, 0.5) is 0 Å². The fourth-order valence-electron chi connectivity index (χ4n) is 5.77. The van der Waals surface area contributed by atoms with E-state index in [1.54, 1.807) is 0 Å². The van der Waals surface area contributed by atoms with Crippen molar-refractivity contribution in [3.05, 3.63) is 0 Å². The highest BCUT2D eigenvalue weighted by Crippen LogP contribution is 2.57. The minimum atomic E-state index is 0.253. The molecule has 3 aliphatic carbocycles. The van der Waals surface area contributed by atoms with E-state index in [9.17, 15) is 0 Å². The Morgan fingerprint density at radius 3 is 1.95 bits per heavy atom. The summed E-state index contributed by atoms with van der Waals surface area (Å²) in [6.45, 7) is 20.6. The molecule has 4 fully saturated rings. The van der Waals surface area contributed by atoms with Crippen LogP contribution < -0.4 is 5.32 Å². The molecule has 2 nitrogen and oxygen atoms in total. The molecule has 0 spiro atoms. The molecule has 1 heterocycles. The van der Waals surface area contributed by atoms with E-state index in [0.29, 0.717) is 5.54 Å². The molecule has 6 atom stereocenters. The second-order valence-corrected chi connectivity index (χ2v) is 10.5. The largest absolute Gasteiger partial charge is 0.312 e. The molecule has 1 N–H and O–H groups in total. The Labute approximate surface area is 138 Å². The Hall–Kier alpha value is -0.0800. The van der Waals surface area contributed by atoms with Crippen LogP contribution in [0, 0.1) is 35.5 Å². The number of nitrogens with one attached hydrogen (secondary N) is 1. The Kier molecular flexibility index (Phi) is 4.18. The maximum absolute atomic E-state index is 3.81. The van der Waals surface area contributed by atoms with E-state index >= 15 is 0 Å². The van der Waals surface area contributed by atoms with Crippen molar-refractivity contribution in [3.8, 4) is 0 Å². The molecule has 2 heteroatoms. The zero-order valence-corrected chi connectivity index (χ0v) is 15.9. The van der Waals surface area contributed by atoms with E-state index in [1.807, 2.05) is 0 Å². The van der Waals surface area contributed by atoms with Crippen molar-refractivity contribution >= 4 is 0 Å². The summed E-state index contributed by atoms with van der Waals surface area (Å²) >= 11 is 0. The van der Waals surface area contributed by atoms with Crippen LogP contribution in [0.15, 0.2) is 0 Å². The highest BCUT2D eigenvalue weighted by atomic mass is 15.2. The molecule has 0 aromatic rings. The van der Waals surface area contributed by atoms with E-state index in [1.165, 1.54) is 32.5 Å². The zero-order valence-electron chi connectivity index (χ0n) is 15.9. The third kappa shape index (κ3) is 2.98. The van der Waals surface area contributed by atoms with Gasteiger partial charge in [0.1, 0.15) is 0 Å². The van der Waals surface area contributed by atoms with Gasteiger partial charge in [0.05, 0.1) is 0 Å². The number of likely N-dealkylation sites (tertiary alicyclic amines) is 1. The molecule has 4 aliphatic rings. The molecule has 3 saturated carbocycles. The quantitative estimate of drug-likeness (QED) is 0.829. The molecule has 6 unspecified atom stereocenters. The number of hydrogen-bond donors (Lipinski definition) is 1. The minimum Gasteiger partial charge on any atom is -0.312 e. The van der Waals surface area contributed by atoms with Gasteiger partial charge in [-0.1, -0.05) is 6.92 Å². The van der Waals surface area contributed by atoms with Gasteiger partial charge in [0.2, 0.25) is 0 Å². The summed E-state index contributed by atoms with van der Waals surface area (Å²) in [5, 5.41) is 3.81. The van der Waals surface area contributed by atoms with Crippen LogP contribution in [0.5, 0.6) is 0 Å². The standard InChI is InChI=1S/C20H38N2/c1-13-14-8-9-15(16(13)10-21-19(2,3)4)18-12-22(11-17(14)18)20(5,6)7/h13-18,21H,8-12H2,1-7H3. The van der Waals surface area contributed by atoms with Crippen LogP contribution >= 0.6 is 0 Å². The molecule has 0 radical (unpaired) electrons. The Bertz CT molecular complexity index is 401. The van der Waals surface area contributed by atoms with Gasteiger partial charge in [-0.15, -0.1) is 0 Å². The summed E-state index contributed by atoms with van der Waals surface area (Å²) in [6.07, 6.45) is 2.99. The van der Waals surface area contributed by atoms with Gasteiger partial charge >= 0.3 is 0 Å². The molecule has 0 aromatic carbocycles. The van der Waals surface area contributed by atoms with Gasteiger partial charge in [-0.25, -0.2) is 0 Å². The number of nitrogens with zero attached hydrogens (tertiary/aromatic N) is 1. The maximum Gasteiger partial charge on any atom is 0.0125 e. The molecule has 2 bridgehead atoms. The van der Waals surface area contributed by atoms with Crippen LogP contribution in [0.3, 0.4) is 0 Å². The SMILES string of the molecule is CC1C(CNC(C)(C)C)C2CCC1C1CN(C(C)(C)C)CC21. The van der Waals surface area contributed by atoms with Crippen LogP contribution in [0.2, 0.25) is 0 Å². The Morgan fingerprint density at radius 2 is 1.41 bits per heavy atom. The maximum atomic E-state index is 3.81. The van der Waals surface area contributed by atoms with Gasteiger partial charge in [0, 0.05) is 24.2 Å². The van der Waals surface area contributed by atoms with Crippen molar-refractivity contribution in [1.82, 2.24) is 10.2 Å². The number of rotatable bonds is 2. The fraction of sp³-hybridized carbons (Fsp3) is 1.00. The lowest BCUT2D eigenvalue weighted by atomic mass is 9.51. The van der Waals surface area contributed by atoms with Gasteiger partial charge in [-0.2, -0.15) is 0 Å². The first kappa shape index (κ1) is 16.8. The smallest absolute Gasteiger partial charge is 0.0125 e. The van der Waals surface area contributed by atoms with Gasteiger partial charge < -0.3 is 5.32 Å². The van der Waals surface area contributed by atoms with Crippen LogP contribution in [0.1, 0.15) is 61.3 Å². The first-order chi connectivity index (χ1) is 10.1. The van der Waals surface area contributed by atoms with Crippen molar-refractivity contribution in [2.75, 3.05) is 19.6 Å². The Morgan fingerprint density at radius 1 is 0.864 bits per heavy atom. The van der Waals surface area contributed by atoms with E-state index in [-0.39, 0.29) is 5.54 Å². The van der Waals surface area contributed by atoms with Crippen molar-refractivity contribution in [2.24, 2.45) is 35.5 Å². The molecule has 22 heavy (non-hydrogen) atoms. The molecule has 0 aromatic heterocycles. The number of fused-ring (bicyclic) bond motifs is 2. The predicted octanol–water partition coefficient (Wildman–Crippen LogP) is 4.01. The lowest BCUT2D eigenvalue weighted by molar-refractivity contribution is -0.0470. The second kappa shape index (κ2) is 5.48. The number of hydrogen-bond acceptors (Lipinski definition) is 2.